The second-order valence-corrected chi connectivity index (χ2v) is 6.07. The highest BCUT2D eigenvalue weighted by Crippen LogP contribution is 2.24. The lowest BCUT2D eigenvalue weighted by Crippen LogP contribution is -2.53. The van der Waals surface area contributed by atoms with Crippen molar-refractivity contribution in [1.29, 1.82) is 0 Å². The molecule has 6 heteroatoms. The topological polar surface area (TPSA) is 54.0 Å². The molecule has 6 nitrogen and oxygen atoms in total. The Kier molecular flexibility index (Phi) is 4.55. The van der Waals surface area contributed by atoms with Crippen molar-refractivity contribution < 1.29 is 14.3 Å². The lowest BCUT2D eigenvalue weighted by atomic mass is 10.1. The molecule has 0 bridgehead atoms. The van der Waals surface area contributed by atoms with E-state index in [9.17, 15) is 4.79 Å². The fourth-order valence-electron chi connectivity index (χ4n) is 3.54. The van der Waals surface area contributed by atoms with Crippen LogP contribution in [-0.2, 0) is 14.3 Å². The van der Waals surface area contributed by atoms with Gasteiger partial charge in [0.1, 0.15) is 0 Å². The van der Waals surface area contributed by atoms with Crippen molar-refractivity contribution in [1.82, 2.24) is 15.1 Å². The summed E-state index contributed by atoms with van der Waals surface area (Å²) in [6.07, 6.45) is 1.44. The summed E-state index contributed by atoms with van der Waals surface area (Å²) in [4.78, 5) is 16.4. The third-order valence-electron chi connectivity index (χ3n) is 4.66. The van der Waals surface area contributed by atoms with Crippen LogP contribution in [0.2, 0.25) is 0 Å². The van der Waals surface area contributed by atoms with Crippen LogP contribution in [0.5, 0.6) is 0 Å². The molecule has 3 heterocycles. The largest absolute Gasteiger partial charge is 0.381 e. The number of hydrogen-bond acceptors (Lipinski definition) is 5. The molecule has 20 heavy (non-hydrogen) atoms. The Balaban J connectivity index is 1.55. The normalized spacial score (nSPS) is 35.1. The molecule has 3 saturated heterocycles. The number of nitrogens with zero attached hydrogens (tertiary/aromatic N) is 2. The molecule has 0 radical (unpaired) electrons. The Hall–Kier alpha value is -0.690. The maximum Gasteiger partial charge on any atom is 0.233 e. The average Bonchev–Trinajstić information content (AvgIpc) is 3.08. The third-order valence-corrected chi connectivity index (χ3v) is 4.66. The van der Waals surface area contributed by atoms with Gasteiger partial charge in [0.25, 0.3) is 0 Å². The molecule has 0 spiro atoms. The standard InChI is InChI=1S/C14H25N3O3/c1-15-14(18)9-17-3-5-20-13-8-16(7-12(13)17)6-11-2-4-19-10-11/h11-13H,2-10H2,1H3,(H,15,18)/t11?,12-,13+/m1/s1. The van der Waals surface area contributed by atoms with Gasteiger partial charge in [-0.3, -0.25) is 14.6 Å². The van der Waals surface area contributed by atoms with Crippen LogP contribution in [0.3, 0.4) is 0 Å². The van der Waals surface area contributed by atoms with Crippen molar-refractivity contribution in [2.75, 3.05) is 59.6 Å². The molecule has 0 aromatic carbocycles. The first kappa shape index (κ1) is 14.3. The first-order valence-electron chi connectivity index (χ1n) is 7.62. The number of rotatable bonds is 4. The van der Waals surface area contributed by atoms with Crippen LogP contribution >= 0.6 is 0 Å². The van der Waals surface area contributed by atoms with Gasteiger partial charge in [-0.25, -0.2) is 0 Å². The second kappa shape index (κ2) is 6.39. The van der Waals surface area contributed by atoms with E-state index < -0.39 is 0 Å². The predicted octanol–water partition coefficient (Wildman–Crippen LogP) is -0.846. The summed E-state index contributed by atoms with van der Waals surface area (Å²) in [5.74, 6) is 0.760. The van der Waals surface area contributed by atoms with E-state index in [1.54, 1.807) is 7.05 Å². The van der Waals surface area contributed by atoms with Crippen molar-refractivity contribution in [2.24, 2.45) is 5.92 Å². The number of carbonyl (C=O) groups excluding carboxylic acids is 1. The highest BCUT2D eigenvalue weighted by atomic mass is 16.5. The molecule has 0 aromatic heterocycles. The van der Waals surface area contributed by atoms with Gasteiger partial charge in [-0.2, -0.15) is 0 Å². The highest BCUT2D eigenvalue weighted by molar-refractivity contribution is 5.77. The molecule has 3 fully saturated rings. The summed E-state index contributed by atoms with van der Waals surface area (Å²) >= 11 is 0. The quantitative estimate of drug-likeness (QED) is 0.729. The number of nitrogens with one attached hydrogen (secondary N) is 1. The molecule has 1 unspecified atom stereocenters. The Labute approximate surface area is 120 Å². The number of hydrogen-bond donors (Lipinski definition) is 1. The summed E-state index contributed by atoms with van der Waals surface area (Å²) in [5.41, 5.74) is 0. The first-order valence-corrected chi connectivity index (χ1v) is 7.62. The van der Waals surface area contributed by atoms with E-state index in [-0.39, 0.29) is 12.0 Å². The lowest BCUT2D eigenvalue weighted by molar-refractivity contribution is -0.125. The van der Waals surface area contributed by atoms with Gasteiger partial charge in [0.15, 0.2) is 0 Å². The molecule has 0 aromatic rings. The Morgan fingerprint density at radius 2 is 2.25 bits per heavy atom. The van der Waals surface area contributed by atoms with Crippen molar-refractivity contribution in [3.63, 3.8) is 0 Å². The van der Waals surface area contributed by atoms with Crippen LogP contribution < -0.4 is 5.32 Å². The molecule has 3 aliphatic heterocycles. The monoisotopic (exact) mass is 283 g/mol. The van der Waals surface area contributed by atoms with Crippen molar-refractivity contribution in [3.05, 3.63) is 0 Å². The van der Waals surface area contributed by atoms with Crippen LogP contribution in [0, 0.1) is 5.92 Å². The first-order chi connectivity index (χ1) is 9.76. The van der Waals surface area contributed by atoms with E-state index in [4.69, 9.17) is 9.47 Å². The number of likely N-dealkylation sites (tertiary alicyclic amines) is 1. The third kappa shape index (κ3) is 3.14. The minimum Gasteiger partial charge on any atom is -0.381 e. The van der Waals surface area contributed by atoms with Crippen molar-refractivity contribution in [2.45, 2.75) is 18.6 Å². The SMILES string of the molecule is CNC(=O)CN1CCO[C@H]2CN(CC3CCOC3)C[C@H]21. The molecule has 3 rings (SSSR count). The Morgan fingerprint density at radius 1 is 1.35 bits per heavy atom. The van der Waals surface area contributed by atoms with Crippen molar-refractivity contribution in [3.8, 4) is 0 Å². The van der Waals surface area contributed by atoms with E-state index in [0.29, 0.717) is 18.5 Å². The van der Waals surface area contributed by atoms with Crippen molar-refractivity contribution >= 4 is 5.91 Å². The highest BCUT2D eigenvalue weighted by Gasteiger charge is 2.41. The fourth-order valence-corrected chi connectivity index (χ4v) is 3.54. The van der Waals surface area contributed by atoms with Gasteiger partial charge in [-0.1, -0.05) is 0 Å². The smallest absolute Gasteiger partial charge is 0.233 e. The van der Waals surface area contributed by atoms with Gasteiger partial charge in [-0.15, -0.1) is 0 Å². The molecule has 0 aliphatic carbocycles. The molecule has 1 N–H and O–H groups in total. The molecular weight excluding hydrogens is 258 g/mol. The predicted molar refractivity (Wildman–Crippen MR) is 74.5 cm³/mol. The minimum atomic E-state index is 0.0910. The van der Waals surface area contributed by atoms with E-state index in [1.807, 2.05) is 0 Å². The number of likely N-dealkylation sites (N-methyl/N-ethyl adjacent to an activating group) is 1. The van der Waals surface area contributed by atoms with Crippen LogP contribution in [0.25, 0.3) is 0 Å². The maximum absolute atomic E-state index is 11.6. The number of fused-ring (bicyclic) bond motifs is 1. The zero-order chi connectivity index (χ0) is 13.9. The summed E-state index contributed by atoms with van der Waals surface area (Å²) < 4.78 is 11.3. The van der Waals surface area contributed by atoms with Gasteiger partial charge in [0, 0.05) is 39.8 Å². The number of amides is 1. The van der Waals surface area contributed by atoms with Crippen LogP contribution in [-0.4, -0.2) is 87.4 Å². The van der Waals surface area contributed by atoms with E-state index in [2.05, 4.69) is 15.1 Å². The summed E-state index contributed by atoms with van der Waals surface area (Å²) in [5, 5.41) is 2.71. The van der Waals surface area contributed by atoms with E-state index in [0.717, 1.165) is 46.0 Å². The Morgan fingerprint density at radius 3 is 3.00 bits per heavy atom. The van der Waals surface area contributed by atoms with Gasteiger partial charge in [0.2, 0.25) is 5.91 Å². The van der Waals surface area contributed by atoms with Gasteiger partial charge >= 0.3 is 0 Å². The van der Waals surface area contributed by atoms with E-state index >= 15 is 0 Å². The zero-order valence-electron chi connectivity index (χ0n) is 12.2. The van der Waals surface area contributed by atoms with Crippen LogP contribution in [0.4, 0.5) is 0 Å². The summed E-state index contributed by atoms with van der Waals surface area (Å²) in [6.45, 7) is 6.99. The van der Waals surface area contributed by atoms with Crippen LogP contribution in [0.1, 0.15) is 6.42 Å². The molecule has 3 aliphatic rings. The minimum absolute atomic E-state index is 0.0910. The lowest BCUT2D eigenvalue weighted by Gasteiger charge is -2.36. The number of carbonyl (C=O) groups is 1. The molecule has 1 amide bonds. The molecular formula is C14H25N3O3. The molecule has 3 atom stereocenters. The van der Waals surface area contributed by atoms with Gasteiger partial charge in [0.05, 0.1) is 31.9 Å². The average molecular weight is 283 g/mol. The number of morpholine rings is 1. The van der Waals surface area contributed by atoms with Gasteiger partial charge < -0.3 is 14.8 Å². The summed E-state index contributed by atoms with van der Waals surface area (Å²) in [7, 11) is 1.70. The molecule has 114 valence electrons. The molecule has 0 saturated carbocycles. The van der Waals surface area contributed by atoms with E-state index in [1.165, 1.54) is 6.42 Å². The second-order valence-electron chi connectivity index (χ2n) is 6.07. The Bertz CT molecular complexity index is 347. The van der Waals surface area contributed by atoms with Crippen LogP contribution in [0.15, 0.2) is 0 Å². The maximum atomic E-state index is 11.6. The van der Waals surface area contributed by atoms with Gasteiger partial charge in [-0.05, 0) is 12.3 Å². The number of ether oxygens (including phenoxy) is 2. The fraction of sp³-hybridized carbons (Fsp3) is 0.929. The zero-order valence-corrected chi connectivity index (χ0v) is 12.2. The summed E-state index contributed by atoms with van der Waals surface area (Å²) in [6, 6.07) is 0.364.